The molecule has 108 valence electrons. The summed E-state index contributed by atoms with van der Waals surface area (Å²) in [6.07, 6.45) is 1.88. The lowest BCUT2D eigenvalue weighted by Gasteiger charge is -2.06. The van der Waals surface area contributed by atoms with Crippen LogP contribution in [-0.4, -0.2) is 16.3 Å². The first kappa shape index (κ1) is 15.0. The maximum Gasteiger partial charge on any atom is 0.142 e. The van der Waals surface area contributed by atoms with Gasteiger partial charge in [0, 0.05) is 12.7 Å². The Bertz CT molecular complexity index is 566. The van der Waals surface area contributed by atoms with Crippen LogP contribution in [0.4, 0.5) is 4.39 Å². The van der Waals surface area contributed by atoms with Gasteiger partial charge in [0.1, 0.15) is 5.82 Å². The highest BCUT2D eigenvalue weighted by molar-refractivity contribution is 6.31. The second-order valence-corrected chi connectivity index (χ2v) is 5.62. The fourth-order valence-electron chi connectivity index (χ4n) is 1.92. The minimum atomic E-state index is -0.393. The van der Waals surface area contributed by atoms with E-state index in [2.05, 4.69) is 24.3 Å². The van der Waals surface area contributed by atoms with Crippen LogP contribution in [0.1, 0.15) is 25.1 Å². The molecular weight excluding hydrogens is 277 g/mol. The molecule has 20 heavy (non-hydrogen) atoms. The lowest BCUT2D eigenvalue weighted by molar-refractivity contribution is 0.543. The summed E-state index contributed by atoms with van der Waals surface area (Å²) in [5, 5.41) is 7.95. The van der Waals surface area contributed by atoms with E-state index in [-0.39, 0.29) is 5.02 Å². The van der Waals surface area contributed by atoms with Crippen LogP contribution in [0.15, 0.2) is 30.5 Å². The molecule has 0 atom stereocenters. The van der Waals surface area contributed by atoms with E-state index in [0.717, 1.165) is 24.3 Å². The van der Waals surface area contributed by atoms with E-state index >= 15 is 0 Å². The highest BCUT2D eigenvalue weighted by Gasteiger charge is 2.07. The lowest BCUT2D eigenvalue weighted by Crippen LogP contribution is -2.19. The maximum absolute atomic E-state index is 13.4. The van der Waals surface area contributed by atoms with Crippen LogP contribution >= 0.6 is 11.6 Å². The molecule has 5 heteroatoms. The van der Waals surface area contributed by atoms with Crippen molar-refractivity contribution in [3.63, 3.8) is 0 Å². The standard InChI is InChI=1S/C15H19ClFN3/c1-11(2)8-18-9-13-6-7-20(19-13)10-12-4-3-5-14(17)15(12)16/h3-7,11,18H,8-10H2,1-2H3. The molecule has 0 unspecified atom stereocenters. The fourth-order valence-corrected chi connectivity index (χ4v) is 2.11. The SMILES string of the molecule is CC(C)CNCc1ccn(Cc2cccc(F)c2Cl)n1. The molecule has 0 saturated carbocycles. The van der Waals surface area contributed by atoms with Gasteiger partial charge in [-0.1, -0.05) is 37.6 Å². The Hall–Kier alpha value is -1.39. The highest BCUT2D eigenvalue weighted by Crippen LogP contribution is 2.20. The molecule has 2 aromatic rings. The van der Waals surface area contributed by atoms with Crippen LogP contribution < -0.4 is 5.32 Å². The summed E-state index contributed by atoms with van der Waals surface area (Å²) < 4.78 is 15.1. The average Bonchev–Trinajstić information content (AvgIpc) is 2.82. The van der Waals surface area contributed by atoms with Gasteiger partial charge >= 0.3 is 0 Å². The number of nitrogens with one attached hydrogen (secondary N) is 1. The molecule has 0 spiro atoms. The number of nitrogens with zero attached hydrogens (tertiary/aromatic N) is 2. The largest absolute Gasteiger partial charge is 0.311 e. The number of halogens is 2. The predicted molar refractivity (Wildman–Crippen MR) is 79.3 cm³/mol. The Morgan fingerprint density at radius 3 is 2.90 bits per heavy atom. The number of hydrogen-bond donors (Lipinski definition) is 1. The van der Waals surface area contributed by atoms with Crippen molar-refractivity contribution in [2.75, 3.05) is 6.54 Å². The first-order chi connectivity index (χ1) is 9.56. The average molecular weight is 296 g/mol. The Balaban J connectivity index is 1.97. The second-order valence-electron chi connectivity index (χ2n) is 5.24. The lowest BCUT2D eigenvalue weighted by atomic mass is 10.2. The molecular formula is C15H19ClFN3. The van der Waals surface area contributed by atoms with E-state index in [1.807, 2.05) is 18.3 Å². The van der Waals surface area contributed by atoms with E-state index in [1.165, 1.54) is 6.07 Å². The van der Waals surface area contributed by atoms with Gasteiger partial charge in [0.25, 0.3) is 0 Å². The van der Waals surface area contributed by atoms with Gasteiger partial charge in [-0.25, -0.2) is 4.39 Å². The Kier molecular flexibility index (Phi) is 5.15. The third kappa shape index (κ3) is 4.05. The molecule has 0 fully saturated rings. The maximum atomic E-state index is 13.4. The van der Waals surface area contributed by atoms with E-state index < -0.39 is 5.82 Å². The summed E-state index contributed by atoms with van der Waals surface area (Å²) >= 11 is 5.94. The normalized spacial score (nSPS) is 11.2. The van der Waals surface area contributed by atoms with Gasteiger partial charge in [0.2, 0.25) is 0 Å². The zero-order valence-electron chi connectivity index (χ0n) is 11.7. The molecule has 1 heterocycles. The van der Waals surface area contributed by atoms with E-state index in [4.69, 9.17) is 11.6 Å². The first-order valence-electron chi connectivity index (χ1n) is 6.72. The van der Waals surface area contributed by atoms with E-state index in [1.54, 1.807) is 10.7 Å². The Labute approximate surface area is 123 Å². The minimum absolute atomic E-state index is 0.169. The topological polar surface area (TPSA) is 29.9 Å². The van der Waals surface area contributed by atoms with Crippen molar-refractivity contribution in [1.82, 2.24) is 15.1 Å². The summed E-state index contributed by atoms with van der Waals surface area (Å²) in [5.41, 5.74) is 1.70. The fraction of sp³-hybridized carbons (Fsp3) is 0.400. The molecule has 0 radical (unpaired) electrons. The van der Waals surface area contributed by atoms with Gasteiger partial charge in [-0.3, -0.25) is 4.68 Å². The Morgan fingerprint density at radius 1 is 1.35 bits per heavy atom. The monoisotopic (exact) mass is 295 g/mol. The number of rotatable bonds is 6. The molecule has 0 bridgehead atoms. The smallest absolute Gasteiger partial charge is 0.142 e. The van der Waals surface area contributed by atoms with Gasteiger partial charge in [-0.2, -0.15) is 5.10 Å². The van der Waals surface area contributed by atoms with Crippen LogP contribution in [0.5, 0.6) is 0 Å². The Morgan fingerprint density at radius 2 is 2.15 bits per heavy atom. The summed E-state index contributed by atoms with van der Waals surface area (Å²) in [6.45, 7) is 6.50. The third-order valence-electron chi connectivity index (χ3n) is 2.92. The van der Waals surface area contributed by atoms with E-state index in [0.29, 0.717) is 12.5 Å². The second kappa shape index (κ2) is 6.86. The van der Waals surface area contributed by atoms with E-state index in [9.17, 15) is 4.39 Å². The van der Waals surface area contributed by atoms with Gasteiger partial charge in [0.15, 0.2) is 0 Å². The zero-order valence-corrected chi connectivity index (χ0v) is 12.5. The van der Waals surface area contributed by atoms with Gasteiger partial charge in [-0.15, -0.1) is 0 Å². The van der Waals surface area contributed by atoms with Crippen molar-refractivity contribution in [3.05, 3.63) is 52.6 Å². The van der Waals surface area contributed by atoms with Crippen molar-refractivity contribution in [2.45, 2.75) is 26.9 Å². The zero-order chi connectivity index (χ0) is 14.5. The molecule has 1 aromatic carbocycles. The number of hydrogen-bond acceptors (Lipinski definition) is 2. The molecule has 0 saturated heterocycles. The highest BCUT2D eigenvalue weighted by atomic mass is 35.5. The van der Waals surface area contributed by atoms with Crippen molar-refractivity contribution < 1.29 is 4.39 Å². The third-order valence-corrected chi connectivity index (χ3v) is 3.34. The van der Waals surface area contributed by atoms with Crippen LogP contribution in [0, 0.1) is 11.7 Å². The van der Waals surface area contributed by atoms with Crippen LogP contribution in [0.3, 0.4) is 0 Å². The molecule has 3 nitrogen and oxygen atoms in total. The van der Waals surface area contributed by atoms with Crippen LogP contribution in [0.2, 0.25) is 5.02 Å². The van der Waals surface area contributed by atoms with Gasteiger partial charge < -0.3 is 5.32 Å². The molecule has 2 rings (SSSR count). The van der Waals surface area contributed by atoms with Gasteiger partial charge in [0.05, 0.1) is 17.3 Å². The summed E-state index contributed by atoms with van der Waals surface area (Å²) in [6, 6.07) is 6.78. The quantitative estimate of drug-likeness (QED) is 0.884. The number of aromatic nitrogens is 2. The minimum Gasteiger partial charge on any atom is -0.311 e. The summed E-state index contributed by atoms with van der Waals surface area (Å²) in [4.78, 5) is 0. The molecule has 0 aliphatic carbocycles. The van der Waals surface area contributed by atoms with Gasteiger partial charge in [-0.05, 0) is 30.2 Å². The molecule has 0 amide bonds. The van der Waals surface area contributed by atoms with Crippen molar-refractivity contribution in [2.24, 2.45) is 5.92 Å². The molecule has 1 N–H and O–H groups in total. The summed E-state index contributed by atoms with van der Waals surface area (Å²) in [7, 11) is 0. The molecule has 0 aliphatic rings. The van der Waals surface area contributed by atoms with Crippen LogP contribution in [-0.2, 0) is 13.1 Å². The molecule has 0 aliphatic heterocycles. The number of benzene rings is 1. The predicted octanol–water partition coefficient (Wildman–Crippen LogP) is 3.47. The van der Waals surface area contributed by atoms with Crippen molar-refractivity contribution in [3.8, 4) is 0 Å². The summed E-state index contributed by atoms with van der Waals surface area (Å²) in [5.74, 6) is 0.221. The first-order valence-corrected chi connectivity index (χ1v) is 7.10. The van der Waals surface area contributed by atoms with Crippen molar-refractivity contribution >= 4 is 11.6 Å². The van der Waals surface area contributed by atoms with Crippen molar-refractivity contribution in [1.29, 1.82) is 0 Å². The molecule has 1 aromatic heterocycles. The van der Waals surface area contributed by atoms with Crippen LogP contribution in [0.25, 0.3) is 0 Å².